The van der Waals surface area contributed by atoms with E-state index < -0.39 is 0 Å². The lowest BCUT2D eigenvalue weighted by Gasteiger charge is -2.01. The van der Waals surface area contributed by atoms with E-state index in [1.807, 2.05) is 37.4 Å². The average molecular weight is 237 g/mol. The molecule has 16 heavy (non-hydrogen) atoms. The highest BCUT2D eigenvalue weighted by molar-refractivity contribution is 6.30. The van der Waals surface area contributed by atoms with Crippen LogP contribution in [0.4, 0.5) is 0 Å². The molecule has 0 aliphatic carbocycles. The molecule has 1 unspecified atom stereocenters. The Morgan fingerprint density at radius 1 is 1.38 bits per heavy atom. The van der Waals surface area contributed by atoms with Gasteiger partial charge in [0.1, 0.15) is 0 Å². The van der Waals surface area contributed by atoms with E-state index in [2.05, 4.69) is 10.3 Å². The molecule has 1 aromatic carbocycles. The zero-order valence-electron chi connectivity index (χ0n) is 8.97. The van der Waals surface area contributed by atoms with Gasteiger partial charge in [-0.15, -0.1) is 5.10 Å². The lowest BCUT2D eigenvalue weighted by Crippen LogP contribution is -2.05. The van der Waals surface area contributed by atoms with Gasteiger partial charge in [0, 0.05) is 11.1 Å². The number of nitrogens with zero attached hydrogens (tertiary/aromatic N) is 3. The Labute approximate surface area is 99.0 Å². The summed E-state index contributed by atoms with van der Waals surface area (Å²) in [5.74, 6) is 0. The first kappa shape index (κ1) is 11.1. The van der Waals surface area contributed by atoms with E-state index in [-0.39, 0.29) is 6.04 Å². The van der Waals surface area contributed by atoms with E-state index >= 15 is 0 Å². The Balaban J connectivity index is 2.11. The molecule has 2 N–H and O–H groups in total. The number of hydrogen-bond acceptors (Lipinski definition) is 3. The summed E-state index contributed by atoms with van der Waals surface area (Å²) in [5, 5.41) is 8.73. The van der Waals surface area contributed by atoms with Gasteiger partial charge in [-0.25, -0.2) is 4.68 Å². The smallest absolute Gasteiger partial charge is 0.0991 e. The summed E-state index contributed by atoms with van der Waals surface area (Å²) in [6, 6.07) is 7.57. The number of rotatable bonds is 3. The van der Waals surface area contributed by atoms with Gasteiger partial charge in [0.25, 0.3) is 0 Å². The number of benzene rings is 1. The minimum Gasteiger partial charge on any atom is -0.323 e. The summed E-state index contributed by atoms with van der Waals surface area (Å²) in [7, 11) is 0. The highest BCUT2D eigenvalue weighted by Crippen LogP contribution is 2.11. The third-order valence-electron chi connectivity index (χ3n) is 2.28. The maximum Gasteiger partial charge on any atom is 0.0991 e. The zero-order valence-corrected chi connectivity index (χ0v) is 9.72. The van der Waals surface area contributed by atoms with Gasteiger partial charge in [0.15, 0.2) is 0 Å². The standard InChI is InChI=1S/C11H13ClN4/c1-8(13)11-7-16(15-14-11)6-9-2-4-10(12)5-3-9/h2-5,7-8H,6,13H2,1H3. The minimum atomic E-state index is -0.0843. The predicted octanol–water partition coefficient (Wildman–Crippen LogP) is 2.00. The van der Waals surface area contributed by atoms with Crippen molar-refractivity contribution in [1.82, 2.24) is 15.0 Å². The first-order chi connectivity index (χ1) is 7.65. The van der Waals surface area contributed by atoms with Crippen LogP contribution >= 0.6 is 11.6 Å². The SMILES string of the molecule is CC(N)c1cn(Cc2ccc(Cl)cc2)nn1. The molecule has 0 saturated heterocycles. The van der Waals surface area contributed by atoms with E-state index in [0.717, 1.165) is 16.3 Å². The van der Waals surface area contributed by atoms with Crippen LogP contribution in [-0.2, 0) is 6.54 Å². The van der Waals surface area contributed by atoms with Gasteiger partial charge in [-0.2, -0.15) is 0 Å². The number of hydrogen-bond donors (Lipinski definition) is 1. The molecule has 0 spiro atoms. The zero-order chi connectivity index (χ0) is 11.5. The molecule has 5 heteroatoms. The minimum absolute atomic E-state index is 0.0843. The Morgan fingerprint density at radius 3 is 2.62 bits per heavy atom. The summed E-state index contributed by atoms with van der Waals surface area (Å²) >= 11 is 5.81. The van der Waals surface area contributed by atoms with Crippen LogP contribution in [0.3, 0.4) is 0 Å². The second-order valence-electron chi connectivity index (χ2n) is 3.76. The van der Waals surface area contributed by atoms with Gasteiger partial charge in [0.05, 0.1) is 18.4 Å². The Hall–Kier alpha value is -1.39. The fourth-order valence-corrected chi connectivity index (χ4v) is 1.50. The fourth-order valence-electron chi connectivity index (χ4n) is 1.38. The third-order valence-corrected chi connectivity index (χ3v) is 2.53. The van der Waals surface area contributed by atoms with Crippen LogP contribution in [0.25, 0.3) is 0 Å². The molecule has 84 valence electrons. The summed E-state index contributed by atoms with van der Waals surface area (Å²) in [6.07, 6.45) is 1.86. The maximum absolute atomic E-state index is 5.81. The van der Waals surface area contributed by atoms with Crippen LogP contribution in [0.1, 0.15) is 24.2 Å². The molecule has 0 bridgehead atoms. The van der Waals surface area contributed by atoms with Crippen LogP contribution in [0.5, 0.6) is 0 Å². The van der Waals surface area contributed by atoms with Gasteiger partial charge < -0.3 is 5.73 Å². The van der Waals surface area contributed by atoms with E-state index in [1.165, 1.54) is 0 Å². The molecule has 0 saturated carbocycles. The van der Waals surface area contributed by atoms with Gasteiger partial charge >= 0.3 is 0 Å². The van der Waals surface area contributed by atoms with Gasteiger partial charge in [0.2, 0.25) is 0 Å². The van der Waals surface area contributed by atoms with Crippen molar-refractivity contribution in [2.24, 2.45) is 5.73 Å². The third kappa shape index (κ3) is 2.59. The Bertz CT molecular complexity index is 461. The lowest BCUT2D eigenvalue weighted by atomic mass is 10.2. The summed E-state index contributed by atoms with van der Waals surface area (Å²) in [6.45, 7) is 2.56. The Morgan fingerprint density at radius 2 is 2.06 bits per heavy atom. The van der Waals surface area contributed by atoms with Crippen molar-refractivity contribution >= 4 is 11.6 Å². The Kier molecular flexibility index (Phi) is 3.22. The van der Waals surface area contributed by atoms with E-state index in [1.54, 1.807) is 4.68 Å². The van der Waals surface area contributed by atoms with Crippen LogP contribution in [0.15, 0.2) is 30.5 Å². The average Bonchev–Trinajstić information content (AvgIpc) is 2.70. The van der Waals surface area contributed by atoms with E-state index in [0.29, 0.717) is 6.54 Å². The molecule has 0 aliphatic heterocycles. The molecule has 0 aliphatic rings. The lowest BCUT2D eigenvalue weighted by molar-refractivity contribution is 0.648. The number of halogens is 1. The quantitative estimate of drug-likeness (QED) is 0.887. The fraction of sp³-hybridized carbons (Fsp3) is 0.273. The maximum atomic E-state index is 5.81. The second kappa shape index (κ2) is 4.63. The van der Waals surface area contributed by atoms with Crippen molar-refractivity contribution < 1.29 is 0 Å². The van der Waals surface area contributed by atoms with Crippen molar-refractivity contribution in [2.75, 3.05) is 0 Å². The van der Waals surface area contributed by atoms with Crippen molar-refractivity contribution in [2.45, 2.75) is 19.5 Å². The molecule has 4 nitrogen and oxygen atoms in total. The molecule has 1 atom stereocenters. The van der Waals surface area contributed by atoms with E-state index in [9.17, 15) is 0 Å². The van der Waals surface area contributed by atoms with Crippen LogP contribution in [0, 0.1) is 0 Å². The van der Waals surface area contributed by atoms with Gasteiger partial charge in [-0.05, 0) is 24.6 Å². The van der Waals surface area contributed by atoms with Crippen molar-refractivity contribution in [3.05, 3.63) is 46.7 Å². The van der Waals surface area contributed by atoms with E-state index in [4.69, 9.17) is 17.3 Å². The molecule has 1 aromatic heterocycles. The molecular weight excluding hydrogens is 224 g/mol. The normalized spacial score (nSPS) is 12.7. The largest absolute Gasteiger partial charge is 0.323 e. The molecular formula is C11H13ClN4. The second-order valence-corrected chi connectivity index (χ2v) is 4.19. The molecule has 1 heterocycles. The highest BCUT2D eigenvalue weighted by atomic mass is 35.5. The van der Waals surface area contributed by atoms with Crippen molar-refractivity contribution in [1.29, 1.82) is 0 Å². The molecule has 0 fully saturated rings. The highest BCUT2D eigenvalue weighted by Gasteiger charge is 2.05. The monoisotopic (exact) mass is 236 g/mol. The van der Waals surface area contributed by atoms with Crippen LogP contribution in [0.2, 0.25) is 5.02 Å². The van der Waals surface area contributed by atoms with Gasteiger partial charge in [-0.3, -0.25) is 0 Å². The van der Waals surface area contributed by atoms with Crippen molar-refractivity contribution in [3.8, 4) is 0 Å². The molecule has 2 rings (SSSR count). The number of nitrogens with two attached hydrogens (primary N) is 1. The first-order valence-electron chi connectivity index (χ1n) is 5.05. The molecule has 2 aromatic rings. The first-order valence-corrected chi connectivity index (χ1v) is 5.43. The van der Waals surface area contributed by atoms with Crippen LogP contribution < -0.4 is 5.73 Å². The summed E-state index contributed by atoms with van der Waals surface area (Å²) < 4.78 is 1.77. The molecule has 0 amide bonds. The molecule has 0 radical (unpaired) electrons. The predicted molar refractivity (Wildman–Crippen MR) is 63.2 cm³/mol. The number of aromatic nitrogens is 3. The van der Waals surface area contributed by atoms with Crippen LogP contribution in [-0.4, -0.2) is 15.0 Å². The topological polar surface area (TPSA) is 56.7 Å². The summed E-state index contributed by atoms with van der Waals surface area (Å²) in [4.78, 5) is 0. The van der Waals surface area contributed by atoms with Gasteiger partial charge in [-0.1, -0.05) is 28.9 Å². The van der Waals surface area contributed by atoms with Crippen molar-refractivity contribution in [3.63, 3.8) is 0 Å². The summed E-state index contributed by atoms with van der Waals surface area (Å²) in [5.41, 5.74) is 7.64.